The summed E-state index contributed by atoms with van der Waals surface area (Å²) in [6.07, 6.45) is 67.4. The van der Waals surface area contributed by atoms with Gasteiger partial charge in [-0.05, 0) is 72.9 Å². The lowest BCUT2D eigenvalue weighted by molar-refractivity contribution is 0.234. The van der Waals surface area contributed by atoms with Crippen LogP contribution in [0, 0.1) is 5.92 Å². The number of hydrogen-bond donors (Lipinski definition) is 0. The van der Waals surface area contributed by atoms with Gasteiger partial charge in [0.05, 0.1) is 19.8 Å². The Hall–Kier alpha value is -2.33. The Kier molecular flexibility index (Phi) is 48.0. The van der Waals surface area contributed by atoms with E-state index in [9.17, 15) is 0 Å². The van der Waals surface area contributed by atoms with Gasteiger partial charge in [-0.1, -0.05) is 347 Å². The number of ether oxygens (including phenoxy) is 3. The number of hydrogen-bond acceptors (Lipinski definition) is 4. The Morgan fingerprint density at radius 2 is 0.693 bits per heavy atom. The molecule has 0 radical (unpaired) electrons. The zero-order valence-electron chi connectivity index (χ0n) is 50.7. The second kappa shape index (κ2) is 52.4. The molecule has 75 heavy (non-hydrogen) atoms. The van der Waals surface area contributed by atoms with Crippen LogP contribution >= 0.6 is 12.2 Å². The Morgan fingerprint density at radius 3 is 1.03 bits per heavy atom. The summed E-state index contributed by atoms with van der Waals surface area (Å²) in [4.78, 5) is 0.853. The maximum absolute atomic E-state index is 6.74. The van der Waals surface area contributed by atoms with Crippen LogP contribution < -0.4 is 14.2 Å². The van der Waals surface area contributed by atoms with Crippen LogP contribution in [0.3, 0.4) is 0 Å². The lowest BCUT2D eigenvalue weighted by atomic mass is 10.0. The van der Waals surface area contributed by atoms with Crippen molar-refractivity contribution in [2.45, 2.75) is 336 Å². The molecule has 2 aromatic carbocycles. The highest BCUT2D eigenvalue weighted by molar-refractivity contribution is 7.81. The van der Waals surface area contributed by atoms with E-state index >= 15 is 0 Å². The van der Waals surface area contributed by atoms with Gasteiger partial charge in [-0.2, -0.15) is 0 Å². The van der Waals surface area contributed by atoms with Crippen molar-refractivity contribution in [3.63, 3.8) is 0 Å². The molecule has 0 amide bonds. The van der Waals surface area contributed by atoms with Gasteiger partial charge < -0.3 is 14.2 Å². The molecule has 0 atom stereocenters. The molecule has 0 unspecified atom stereocenters. The molecule has 0 saturated carbocycles. The van der Waals surface area contributed by atoms with Gasteiger partial charge in [-0.25, -0.2) is 0 Å². The summed E-state index contributed by atoms with van der Waals surface area (Å²) >= 11 is 6.02. The molecule has 2 rings (SSSR count). The molecular weight excluding hydrogens is 933 g/mol. The molecule has 0 aromatic heterocycles. The van der Waals surface area contributed by atoms with Gasteiger partial charge in [0.1, 0.15) is 0 Å². The number of thiocarbonyl (C=S) groups is 1. The zero-order valence-corrected chi connectivity index (χ0v) is 51.5. The normalized spacial score (nSPS) is 11.7. The largest absolute Gasteiger partial charge is 0.490 e. The van der Waals surface area contributed by atoms with Crippen molar-refractivity contribution in [2.24, 2.45) is 5.92 Å². The highest BCUT2D eigenvalue weighted by Gasteiger charge is 2.16. The van der Waals surface area contributed by atoms with Crippen LogP contribution in [0.4, 0.5) is 0 Å². The second-order valence-corrected chi connectivity index (χ2v) is 24.0. The first kappa shape index (κ1) is 68.8. The van der Waals surface area contributed by atoms with Gasteiger partial charge in [0, 0.05) is 4.86 Å². The summed E-state index contributed by atoms with van der Waals surface area (Å²) in [5.41, 5.74) is 3.55. The molecule has 0 heterocycles. The quantitative estimate of drug-likeness (QED) is 0.0286. The van der Waals surface area contributed by atoms with Crippen molar-refractivity contribution in [3.8, 4) is 17.2 Å². The number of rotatable bonds is 57. The summed E-state index contributed by atoms with van der Waals surface area (Å²) in [5.74, 6) is 3.22. The topological polar surface area (TPSA) is 27.7 Å². The maximum Gasteiger partial charge on any atom is 0.203 e. The van der Waals surface area contributed by atoms with Crippen molar-refractivity contribution in [1.82, 2.24) is 0 Å². The molecule has 2 aromatic rings. The Labute approximate surface area is 473 Å². The summed E-state index contributed by atoms with van der Waals surface area (Å²) in [6.45, 7) is 13.6. The van der Waals surface area contributed by atoms with Crippen LogP contribution in [-0.2, 0) is 6.42 Å². The summed E-state index contributed by atoms with van der Waals surface area (Å²) in [6, 6.07) is 13.3. The molecular formula is C71H124O3S. The summed E-state index contributed by atoms with van der Waals surface area (Å²) in [7, 11) is 0. The van der Waals surface area contributed by atoms with E-state index in [0.29, 0.717) is 19.8 Å². The lowest BCUT2D eigenvalue weighted by Crippen LogP contribution is -2.07. The molecule has 0 bridgehead atoms. The average Bonchev–Trinajstić information content (AvgIpc) is 3.41. The molecule has 0 aliphatic rings. The van der Waals surface area contributed by atoms with Crippen molar-refractivity contribution in [1.29, 1.82) is 0 Å². The molecule has 0 spiro atoms. The smallest absolute Gasteiger partial charge is 0.203 e. The number of benzene rings is 2. The second-order valence-electron chi connectivity index (χ2n) is 23.6. The minimum absolute atomic E-state index is 0.690. The SMILES string of the molecule is CCCCCCCCCCCCCCCCOc1cc(C=CC(=S)c2ccc(CCCCCC(C)C)cc2)cc(OCCCCCCCCCCCCCCCC)c1OCCCCCCCCCCCCCCCC. The third-order valence-corrected chi connectivity index (χ3v) is 16.1. The lowest BCUT2D eigenvalue weighted by Gasteiger charge is -2.18. The molecule has 0 saturated heterocycles. The zero-order chi connectivity index (χ0) is 53.8. The van der Waals surface area contributed by atoms with Crippen LogP contribution in [0.15, 0.2) is 42.5 Å². The van der Waals surface area contributed by atoms with Gasteiger partial charge in [-0.3, -0.25) is 0 Å². The average molecular weight is 1060 g/mol. The van der Waals surface area contributed by atoms with Crippen molar-refractivity contribution < 1.29 is 14.2 Å². The Balaban J connectivity index is 2.05. The first-order valence-corrected chi connectivity index (χ1v) is 33.8. The maximum atomic E-state index is 6.74. The van der Waals surface area contributed by atoms with Crippen molar-refractivity contribution in [2.75, 3.05) is 19.8 Å². The van der Waals surface area contributed by atoms with E-state index in [0.717, 1.165) is 64.8 Å². The Bertz CT molecular complexity index is 1510. The molecule has 432 valence electrons. The summed E-state index contributed by atoms with van der Waals surface area (Å²) in [5, 5.41) is 0. The van der Waals surface area contributed by atoms with E-state index in [2.05, 4.69) is 83.2 Å². The third kappa shape index (κ3) is 41.4. The minimum Gasteiger partial charge on any atom is -0.490 e. The van der Waals surface area contributed by atoms with Gasteiger partial charge in [0.2, 0.25) is 5.75 Å². The van der Waals surface area contributed by atoms with Crippen LogP contribution in [0.25, 0.3) is 6.08 Å². The predicted octanol–water partition coefficient (Wildman–Crippen LogP) is 24.5. The molecule has 0 aliphatic carbocycles. The molecule has 4 heteroatoms. The number of unbranched alkanes of at least 4 members (excludes halogenated alkanes) is 41. The molecule has 3 nitrogen and oxygen atoms in total. The van der Waals surface area contributed by atoms with Gasteiger partial charge >= 0.3 is 0 Å². The van der Waals surface area contributed by atoms with E-state index in [1.165, 1.54) is 282 Å². The van der Waals surface area contributed by atoms with E-state index < -0.39 is 0 Å². The fourth-order valence-corrected chi connectivity index (χ4v) is 10.8. The van der Waals surface area contributed by atoms with Crippen LogP contribution in [0.2, 0.25) is 0 Å². The highest BCUT2D eigenvalue weighted by Crippen LogP contribution is 2.40. The molecule has 0 N–H and O–H groups in total. The monoisotopic (exact) mass is 1060 g/mol. The van der Waals surface area contributed by atoms with Gasteiger partial charge in [0.15, 0.2) is 11.5 Å². The predicted molar refractivity (Wildman–Crippen MR) is 338 cm³/mol. The minimum atomic E-state index is 0.690. The Morgan fingerprint density at radius 1 is 0.387 bits per heavy atom. The molecule has 0 aliphatic heterocycles. The van der Waals surface area contributed by atoms with E-state index in [1.807, 2.05) is 0 Å². The van der Waals surface area contributed by atoms with E-state index in [4.69, 9.17) is 26.4 Å². The standard InChI is InChI=1S/C71H124O3S/c1-6-9-12-15-18-21-24-27-30-33-36-39-42-48-59-72-68-62-66(55-58-70(75)67-56-53-65(54-57-67)52-47-45-46-51-64(4)5)63-69(73-60-49-43-40-37-34-31-28-25-22-19-16-13-10-7-2)71(68)74-61-50-44-41-38-35-32-29-26-23-20-17-14-11-8-3/h53-58,62-64H,6-52,59-61H2,1-5H3. The van der Waals surface area contributed by atoms with Crippen molar-refractivity contribution >= 4 is 23.2 Å². The first-order valence-electron chi connectivity index (χ1n) is 33.4. The van der Waals surface area contributed by atoms with Gasteiger partial charge in [-0.15, -0.1) is 0 Å². The number of allylic oxidation sites excluding steroid dienone is 1. The fourth-order valence-electron chi connectivity index (χ4n) is 10.6. The van der Waals surface area contributed by atoms with E-state index in [-0.39, 0.29) is 0 Å². The van der Waals surface area contributed by atoms with Gasteiger partial charge in [0.25, 0.3) is 0 Å². The fraction of sp³-hybridized carbons (Fsp3) is 0.789. The molecule has 0 fully saturated rings. The van der Waals surface area contributed by atoms with E-state index in [1.54, 1.807) is 0 Å². The van der Waals surface area contributed by atoms with Crippen LogP contribution in [-0.4, -0.2) is 24.7 Å². The summed E-state index contributed by atoms with van der Waals surface area (Å²) < 4.78 is 20.2. The van der Waals surface area contributed by atoms with Crippen LogP contribution in [0.1, 0.15) is 347 Å². The first-order chi connectivity index (χ1) is 37.0. The van der Waals surface area contributed by atoms with Crippen LogP contribution in [0.5, 0.6) is 17.2 Å². The third-order valence-electron chi connectivity index (χ3n) is 15.7. The highest BCUT2D eigenvalue weighted by atomic mass is 32.1. The van der Waals surface area contributed by atoms with Crippen molar-refractivity contribution in [3.05, 3.63) is 59.2 Å². The number of aryl methyl sites for hydroxylation is 1.